The number of nitrogens with zero attached hydrogens (tertiary/aromatic N) is 3. The fourth-order valence-electron chi connectivity index (χ4n) is 3.50. The van der Waals surface area contributed by atoms with Gasteiger partial charge in [-0.05, 0) is 25.5 Å². The molecule has 2 aliphatic heterocycles. The summed E-state index contributed by atoms with van der Waals surface area (Å²) in [5, 5.41) is 10.8. The fraction of sp³-hybridized carbons (Fsp3) is 0.611. The summed E-state index contributed by atoms with van der Waals surface area (Å²) in [4.78, 5) is 27.3. The third-order valence-electron chi connectivity index (χ3n) is 4.90. The minimum absolute atomic E-state index is 0.0147. The van der Waals surface area contributed by atoms with Gasteiger partial charge in [0.25, 0.3) is 5.69 Å². The molecule has 2 saturated heterocycles. The van der Waals surface area contributed by atoms with Gasteiger partial charge in [-0.25, -0.2) is 0 Å². The van der Waals surface area contributed by atoms with Crippen LogP contribution in [0.15, 0.2) is 24.3 Å². The van der Waals surface area contributed by atoms with E-state index in [4.69, 9.17) is 9.47 Å². The largest absolute Gasteiger partial charge is 0.492 e. The summed E-state index contributed by atoms with van der Waals surface area (Å²) < 4.78 is 11.0. The second-order valence-electron chi connectivity index (χ2n) is 6.59. The molecular formula is C18H25N3O5. The summed E-state index contributed by atoms with van der Waals surface area (Å²) in [5.74, 6) is 0.663. The van der Waals surface area contributed by atoms with Gasteiger partial charge in [-0.2, -0.15) is 0 Å². The summed E-state index contributed by atoms with van der Waals surface area (Å²) in [6.07, 6.45) is 3.00. The number of nitro benzene ring substituents is 1. The highest BCUT2D eigenvalue weighted by Crippen LogP contribution is 2.21. The number of likely N-dealkylation sites (tertiary alicyclic amines) is 1. The van der Waals surface area contributed by atoms with Crippen LogP contribution in [0.2, 0.25) is 0 Å². The van der Waals surface area contributed by atoms with Crippen molar-refractivity contribution in [3.63, 3.8) is 0 Å². The molecule has 26 heavy (non-hydrogen) atoms. The third kappa shape index (κ3) is 4.70. The van der Waals surface area contributed by atoms with Crippen LogP contribution in [0.5, 0.6) is 5.75 Å². The molecule has 3 rings (SSSR count). The number of benzene rings is 1. The van der Waals surface area contributed by atoms with Gasteiger partial charge in [0.15, 0.2) is 0 Å². The van der Waals surface area contributed by atoms with Crippen LogP contribution in [0.3, 0.4) is 0 Å². The standard InChI is InChI=1S/C18H25N3O5/c22-18(20-8-11-25-12-9-20)17-6-1-2-7-19(17)10-13-26-16-5-3-4-15(14-16)21(23)24/h3-5,14,17H,1-2,6-13H2. The maximum absolute atomic E-state index is 12.8. The lowest BCUT2D eigenvalue weighted by atomic mass is 10.0. The highest BCUT2D eigenvalue weighted by Gasteiger charge is 2.32. The predicted octanol–water partition coefficient (Wildman–Crippen LogP) is 1.69. The van der Waals surface area contributed by atoms with Crippen LogP contribution in [0.25, 0.3) is 0 Å². The Bertz CT molecular complexity index is 633. The van der Waals surface area contributed by atoms with Crippen LogP contribution in [-0.4, -0.2) is 72.7 Å². The van der Waals surface area contributed by atoms with E-state index in [1.165, 1.54) is 12.1 Å². The van der Waals surface area contributed by atoms with E-state index in [-0.39, 0.29) is 17.6 Å². The van der Waals surface area contributed by atoms with Gasteiger partial charge in [-0.3, -0.25) is 19.8 Å². The molecule has 142 valence electrons. The molecule has 1 aromatic rings. The lowest BCUT2D eigenvalue weighted by Crippen LogP contribution is -2.54. The molecule has 0 radical (unpaired) electrons. The number of piperidine rings is 1. The molecule has 8 nitrogen and oxygen atoms in total. The van der Waals surface area contributed by atoms with E-state index < -0.39 is 4.92 Å². The number of carbonyl (C=O) groups is 1. The predicted molar refractivity (Wildman–Crippen MR) is 95.2 cm³/mol. The van der Waals surface area contributed by atoms with Crippen molar-refractivity contribution in [1.29, 1.82) is 0 Å². The van der Waals surface area contributed by atoms with Crippen molar-refractivity contribution in [1.82, 2.24) is 9.80 Å². The van der Waals surface area contributed by atoms with Crippen molar-refractivity contribution >= 4 is 11.6 Å². The van der Waals surface area contributed by atoms with E-state index in [2.05, 4.69) is 4.90 Å². The van der Waals surface area contributed by atoms with Gasteiger partial charge in [0.1, 0.15) is 12.4 Å². The molecule has 0 saturated carbocycles. The quantitative estimate of drug-likeness (QED) is 0.565. The van der Waals surface area contributed by atoms with Crippen LogP contribution in [-0.2, 0) is 9.53 Å². The zero-order chi connectivity index (χ0) is 18.4. The first-order chi connectivity index (χ1) is 12.6. The van der Waals surface area contributed by atoms with Crippen LogP contribution < -0.4 is 4.74 Å². The molecule has 0 aliphatic carbocycles. The number of amides is 1. The van der Waals surface area contributed by atoms with Gasteiger partial charge in [0, 0.05) is 25.7 Å². The number of carbonyl (C=O) groups excluding carboxylic acids is 1. The van der Waals surface area contributed by atoms with Gasteiger partial charge < -0.3 is 14.4 Å². The highest BCUT2D eigenvalue weighted by molar-refractivity contribution is 5.82. The molecule has 0 spiro atoms. The van der Waals surface area contributed by atoms with Crippen molar-refractivity contribution in [2.24, 2.45) is 0 Å². The normalized spacial score (nSPS) is 21.4. The van der Waals surface area contributed by atoms with E-state index in [0.717, 1.165) is 25.8 Å². The molecule has 2 fully saturated rings. The molecule has 0 N–H and O–H groups in total. The lowest BCUT2D eigenvalue weighted by molar-refractivity contribution is -0.384. The van der Waals surface area contributed by atoms with Crippen LogP contribution in [0.1, 0.15) is 19.3 Å². The molecule has 8 heteroatoms. The van der Waals surface area contributed by atoms with Gasteiger partial charge in [-0.1, -0.05) is 12.5 Å². The number of rotatable bonds is 6. The number of non-ortho nitro benzene ring substituents is 1. The number of hydrogen-bond acceptors (Lipinski definition) is 6. The molecule has 2 aliphatic rings. The monoisotopic (exact) mass is 363 g/mol. The Balaban J connectivity index is 1.54. The Labute approximate surface area is 152 Å². The molecule has 1 amide bonds. The smallest absolute Gasteiger partial charge is 0.273 e. The summed E-state index contributed by atoms with van der Waals surface area (Å²) in [6.45, 7) is 4.43. The zero-order valence-electron chi connectivity index (χ0n) is 14.8. The van der Waals surface area contributed by atoms with E-state index in [9.17, 15) is 14.9 Å². The Hall–Kier alpha value is -2.19. The van der Waals surface area contributed by atoms with Gasteiger partial charge in [0.2, 0.25) is 5.91 Å². The number of ether oxygens (including phenoxy) is 2. The molecule has 1 aromatic carbocycles. The molecule has 2 heterocycles. The van der Waals surface area contributed by atoms with E-state index in [1.54, 1.807) is 12.1 Å². The lowest BCUT2D eigenvalue weighted by Gasteiger charge is -2.38. The SMILES string of the molecule is O=C(C1CCCCN1CCOc1cccc([N+](=O)[O-])c1)N1CCOCC1. The molecule has 0 aromatic heterocycles. The molecule has 1 atom stereocenters. The van der Waals surface area contributed by atoms with Crippen molar-refractivity contribution in [2.45, 2.75) is 25.3 Å². The maximum atomic E-state index is 12.8. The summed E-state index contributed by atoms with van der Waals surface area (Å²) in [7, 11) is 0. The fourth-order valence-corrected chi connectivity index (χ4v) is 3.50. The maximum Gasteiger partial charge on any atom is 0.273 e. The third-order valence-corrected chi connectivity index (χ3v) is 4.90. The number of nitro groups is 1. The van der Waals surface area contributed by atoms with Crippen molar-refractivity contribution in [3.8, 4) is 5.75 Å². The minimum atomic E-state index is -0.436. The Kier molecular flexibility index (Phi) is 6.40. The zero-order valence-corrected chi connectivity index (χ0v) is 14.8. The summed E-state index contributed by atoms with van der Waals surface area (Å²) in [5.41, 5.74) is 0.0147. The van der Waals surface area contributed by atoms with Crippen LogP contribution in [0, 0.1) is 10.1 Å². The minimum Gasteiger partial charge on any atom is -0.492 e. The van der Waals surface area contributed by atoms with Gasteiger partial charge in [0.05, 0.1) is 30.2 Å². The Morgan fingerprint density at radius 2 is 2.08 bits per heavy atom. The Morgan fingerprint density at radius 3 is 2.85 bits per heavy atom. The topological polar surface area (TPSA) is 85.2 Å². The average Bonchev–Trinajstić information content (AvgIpc) is 2.69. The van der Waals surface area contributed by atoms with E-state index in [0.29, 0.717) is 45.2 Å². The second-order valence-corrected chi connectivity index (χ2v) is 6.59. The second kappa shape index (κ2) is 8.95. The summed E-state index contributed by atoms with van der Waals surface area (Å²) >= 11 is 0. The van der Waals surface area contributed by atoms with Crippen molar-refractivity contribution in [3.05, 3.63) is 34.4 Å². The average molecular weight is 363 g/mol. The van der Waals surface area contributed by atoms with Crippen molar-refractivity contribution in [2.75, 3.05) is 46.0 Å². The molecular weight excluding hydrogens is 338 g/mol. The molecule has 1 unspecified atom stereocenters. The Morgan fingerprint density at radius 1 is 1.27 bits per heavy atom. The first-order valence-corrected chi connectivity index (χ1v) is 9.13. The number of morpholine rings is 1. The van der Waals surface area contributed by atoms with Gasteiger partial charge >= 0.3 is 0 Å². The first kappa shape index (κ1) is 18.6. The molecule has 0 bridgehead atoms. The van der Waals surface area contributed by atoms with Crippen LogP contribution in [0.4, 0.5) is 5.69 Å². The summed E-state index contributed by atoms with van der Waals surface area (Å²) in [6, 6.07) is 6.08. The van der Waals surface area contributed by atoms with Gasteiger partial charge in [-0.15, -0.1) is 0 Å². The first-order valence-electron chi connectivity index (χ1n) is 9.13. The van der Waals surface area contributed by atoms with Crippen LogP contribution >= 0.6 is 0 Å². The number of hydrogen-bond donors (Lipinski definition) is 0. The highest BCUT2D eigenvalue weighted by atomic mass is 16.6. The van der Waals surface area contributed by atoms with E-state index >= 15 is 0 Å². The van der Waals surface area contributed by atoms with E-state index in [1.807, 2.05) is 4.90 Å². The van der Waals surface area contributed by atoms with Crippen molar-refractivity contribution < 1.29 is 19.2 Å².